The fourth-order valence-corrected chi connectivity index (χ4v) is 4.85. The predicted octanol–water partition coefficient (Wildman–Crippen LogP) is 3.99. The zero-order valence-corrected chi connectivity index (χ0v) is 15.5. The molecule has 4 rings (SSSR count). The number of para-hydroxylation sites is 2. The highest BCUT2D eigenvalue weighted by Gasteiger charge is 2.47. The van der Waals surface area contributed by atoms with Crippen LogP contribution >= 0.6 is 0 Å². The van der Waals surface area contributed by atoms with Crippen molar-refractivity contribution in [2.24, 2.45) is 11.8 Å². The SMILES string of the molecule is O=C(O)N(CC1C2CCC1N(Cc1ccccc1)C2)c1ccccc1[N+](=O)[O-]. The molecule has 1 aliphatic carbocycles. The Morgan fingerprint density at radius 1 is 1.14 bits per heavy atom. The first-order valence-electron chi connectivity index (χ1n) is 9.56. The average Bonchev–Trinajstić information content (AvgIpc) is 3.23. The van der Waals surface area contributed by atoms with Crippen LogP contribution in [0.25, 0.3) is 0 Å². The minimum Gasteiger partial charge on any atom is -0.465 e. The average molecular weight is 381 g/mol. The Morgan fingerprint density at radius 2 is 1.86 bits per heavy atom. The van der Waals surface area contributed by atoms with E-state index in [1.54, 1.807) is 12.1 Å². The molecule has 7 nitrogen and oxygen atoms in total. The second-order valence-electron chi connectivity index (χ2n) is 7.62. The van der Waals surface area contributed by atoms with Crippen LogP contribution in [-0.2, 0) is 6.54 Å². The maximum Gasteiger partial charge on any atom is 0.412 e. The molecule has 1 heterocycles. The molecular weight excluding hydrogens is 358 g/mol. The van der Waals surface area contributed by atoms with Gasteiger partial charge in [-0.25, -0.2) is 4.79 Å². The Hall–Kier alpha value is -2.93. The molecule has 2 aromatic rings. The molecular formula is C21H23N3O4. The van der Waals surface area contributed by atoms with Gasteiger partial charge in [0.15, 0.2) is 0 Å². The predicted molar refractivity (Wildman–Crippen MR) is 105 cm³/mol. The van der Waals surface area contributed by atoms with Crippen LogP contribution in [0.3, 0.4) is 0 Å². The molecule has 1 N–H and O–H groups in total. The van der Waals surface area contributed by atoms with Gasteiger partial charge in [0.05, 0.1) is 4.92 Å². The second-order valence-corrected chi connectivity index (χ2v) is 7.62. The lowest BCUT2D eigenvalue weighted by molar-refractivity contribution is -0.384. The summed E-state index contributed by atoms with van der Waals surface area (Å²) in [5.74, 6) is 0.623. The van der Waals surface area contributed by atoms with Gasteiger partial charge in [-0.05, 0) is 36.3 Å². The molecule has 2 aromatic carbocycles. The minimum absolute atomic E-state index is 0.154. The minimum atomic E-state index is -1.14. The first-order valence-corrected chi connectivity index (χ1v) is 9.56. The summed E-state index contributed by atoms with van der Waals surface area (Å²) in [6.45, 7) is 2.10. The quantitative estimate of drug-likeness (QED) is 0.604. The largest absolute Gasteiger partial charge is 0.465 e. The number of fused-ring (bicyclic) bond motifs is 2. The molecule has 2 bridgehead atoms. The van der Waals surface area contributed by atoms with Crippen LogP contribution in [0.5, 0.6) is 0 Å². The lowest BCUT2D eigenvalue weighted by Gasteiger charge is -2.29. The summed E-state index contributed by atoms with van der Waals surface area (Å²) in [6.07, 6.45) is 0.993. The highest BCUT2D eigenvalue weighted by molar-refractivity contribution is 5.89. The maximum absolute atomic E-state index is 12.0. The van der Waals surface area contributed by atoms with E-state index in [-0.39, 0.29) is 17.3 Å². The molecule has 7 heteroatoms. The third-order valence-electron chi connectivity index (χ3n) is 6.09. The summed E-state index contributed by atoms with van der Waals surface area (Å²) < 4.78 is 0. The van der Waals surface area contributed by atoms with E-state index in [0.29, 0.717) is 18.5 Å². The summed E-state index contributed by atoms with van der Waals surface area (Å²) in [6, 6.07) is 16.7. The number of benzene rings is 2. The standard InChI is InChI=1S/C21H23N3O4/c25-21(26)23(19-8-4-5-9-20(19)24(27)28)14-17-16-10-11-18(17)22(13-16)12-15-6-2-1-3-7-15/h1-9,16-18H,10-14H2,(H,25,26). The van der Waals surface area contributed by atoms with Crippen LogP contribution in [-0.4, -0.2) is 40.2 Å². The maximum atomic E-state index is 12.0. The number of nitrogens with zero attached hydrogens (tertiary/aromatic N) is 3. The first kappa shape index (κ1) is 18.4. The second kappa shape index (κ2) is 7.59. The number of hydrogen-bond acceptors (Lipinski definition) is 4. The number of carboxylic acid groups (broad SMARTS) is 1. The molecule has 2 aliphatic rings. The van der Waals surface area contributed by atoms with Gasteiger partial charge in [0.1, 0.15) is 5.69 Å². The topological polar surface area (TPSA) is 86.9 Å². The molecule has 1 aliphatic heterocycles. The van der Waals surface area contributed by atoms with Gasteiger partial charge >= 0.3 is 6.09 Å². The summed E-state index contributed by atoms with van der Waals surface area (Å²) in [7, 11) is 0. The number of rotatable bonds is 6. The third kappa shape index (κ3) is 3.45. The first-order chi connectivity index (χ1) is 13.5. The van der Waals surface area contributed by atoms with Crippen molar-refractivity contribution in [3.8, 4) is 0 Å². The van der Waals surface area contributed by atoms with E-state index in [1.807, 2.05) is 18.2 Å². The summed E-state index contributed by atoms with van der Waals surface area (Å²) in [4.78, 5) is 26.4. The van der Waals surface area contributed by atoms with Crippen LogP contribution in [0.1, 0.15) is 18.4 Å². The number of anilines is 1. The Morgan fingerprint density at radius 3 is 2.57 bits per heavy atom. The van der Waals surface area contributed by atoms with Gasteiger partial charge in [0.25, 0.3) is 5.69 Å². The Balaban J connectivity index is 1.54. The monoisotopic (exact) mass is 381 g/mol. The summed E-state index contributed by atoms with van der Waals surface area (Å²) in [5.41, 5.74) is 1.24. The van der Waals surface area contributed by atoms with Crippen molar-refractivity contribution >= 4 is 17.5 Å². The van der Waals surface area contributed by atoms with E-state index < -0.39 is 11.0 Å². The smallest absolute Gasteiger partial charge is 0.412 e. The van der Waals surface area contributed by atoms with E-state index in [0.717, 1.165) is 25.9 Å². The van der Waals surface area contributed by atoms with Crippen molar-refractivity contribution in [1.29, 1.82) is 0 Å². The zero-order valence-electron chi connectivity index (χ0n) is 15.5. The number of hydrogen-bond donors (Lipinski definition) is 1. The van der Waals surface area contributed by atoms with E-state index in [2.05, 4.69) is 17.0 Å². The van der Waals surface area contributed by atoms with Gasteiger partial charge in [-0.3, -0.25) is 19.9 Å². The van der Waals surface area contributed by atoms with E-state index in [1.165, 1.54) is 22.6 Å². The highest BCUT2D eigenvalue weighted by atomic mass is 16.6. The van der Waals surface area contributed by atoms with E-state index in [9.17, 15) is 20.0 Å². The normalized spacial score (nSPS) is 23.6. The molecule has 0 aromatic heterocycles. The van der Waals surface area contributed by atoms with Gasteiger partial charge in [0.2, 0.25) is 0 Å². The number of nitro benzene ring substituents is 1. The van der Waals surface area contributed by atoms with Gasteiger partial charge < -0.3 is 5.11 Å². The molecule has 0 spiro atoms. The Kier molecular flexibility index (Phi) is 5.00. The molecule has 2 fully saturated rings. The van der Waals surface area contributed by atoms with E-state index >= 15 is 0 Å². The fourth-order valence-electron chi connectivity index (χ4n) is 4.85. The number of likely N-dealkylation sites (tertiary alicyclic amines) is 1. The van der Waals surface area contributed by atoms with Crippen LogP contribution in [0, 0.1) is 22.0 Å². The number of carbonyl (C=O) groups is 1. The Labute approximate surface area is 163 Å². The number of nitro groups is 1. The van der Waals surface area contributed by atoms with Crippen molar-refractivity contribution in [3.63, 3.8) is 0 Å². The van der Waals surface area contributed by atoms with Crippen LogP contribution in [0.4, 0.5) is 16.2 Å². The molecule has 1 saturated carbocycles. The van der Waals surface area contributed by atoms with Crippen molar-refractivity contribution in [2.45, 2.75) is 25.4 Å². The fraction of sp³-hybridized carbons (Fsp3) is 0.381. The number of piperidine rings is 1. The third-order valence-corrected chi connectivity index (χ3v) is 6.09. The van der Waals surface area contributed by atoms with Crippen LogP contribution in [0.15, 0.2) is 54.6 Å². The summed E-state index contributed by atoms with van der Waals surface area (Å²) in [5, 5.41) is 21.1. The van der Waals surface area contributed by atoms with Gasteiger partial charge in [-0.15, -0.1) is 0 Å². The van der Waals surface area contributed by atoms with Gasteiger partial charge in [0, 0.05) is 31.7 Å². The lowest BCUT2D eigenvalue weighted by Crippen LogP contribution is -2.39. The van der Waals surface area contributed by atoms with Crippen molar-refractivity contribution in [2.75, 3.05) is 18.0 Å². The molecule has 146 valence electrons. The highest BCUT2D eigenvalue weighted by Crippen LogP contribution is 2.44. The molecule has 3 atom stereocenters. The zero-order chi connectivity index (χ0) is 19.7. The summed E-state index contributed by atoms with van der Waals surface area (Å²) >= 11 is 0. The van der Waals surface area contributed by atoms with Crippen LogP contribution in [0.2, 0.25) is 0 Å². The van der Waals surface area contributed by atoms with Crippen molar-refractivity contribution in [3.05, 3.63) is 70.3 Å². The molecule has 3 unspecified atom stereocenters. The molecule has 0 radical (unpaired) electrons. The molecule has 28 heavy (non-hydrogen) atoms. The lowest BCUT2D eigenvalue weighted by atomic mass is 9.97. The molecule has 1 saturated heterocycles. The number of amides is 1. The van der Waals surface area contributed by atoms with Crippen molar-refractivity contribution < 1.29 is 14.8 Å². The van der Waals surface area contributed by atoms with Gasteiger partial charge in [-0.1, -0.05) is 42.5 Å². The Bertz CT molecular complexity index is 873. The molecule has 1 amide bonds. The van der Waals surface area contributed by atoms with Gasteiger partial charge in [-0.2, -0.15) is 0 Å². The van der Waals surface area contributed by atoms with Crippen LogP contribution < -0.4 is 4.90 Å². The van der Waals surface area contributed by atoms with Crippen molar-refractivity contribution in [1.82, 2.24) is 4.90 Å². The van der Waals surface area contributed by atoms with E-state index in [4.69, 9.17) is 0 Å².